The minimum absolute atomic E-state index is 0.287. The SMILES string of the molecule is N#Cc1cccc(-n2c(=O)[nH]c(=O)c3cc(Cl)c(Br)cc32)c1. The summed E-state index contributed by atoms with van der Waals surface area (Å²) in [5, 5.41) is 9.65. The first kappa shape index (κ1) is 14.6. The Morgan fingerprint density at radius 3 is 2.73 bits per heavy atom. The van der Waals surface area contributed by atoms with Crippen LogP contribution in [-0.2, 0) is 0 Å². The van der Waals surface area contributed by atoms with E-state index in [-0.39, 0.29) is 5.39 Å². The number of halogens is 2. The lowest BCUT2D eigenvalue weighted by atomic mass is 10.2. The second-order valence-electron chi connectivity index (χ2n) is 4.54. The number of hydrogen-bond donors (Lipinski definition) is 1. The summed E-state index contributed by atoms with van der Waals surface area (Å²) in [4.78, 5) is 26.5. The highest BCUT2D eigenvalue weighted by Crippen LogP contribution is 2.27. The molecule has 5 nitrogen and oxygen atoms in total. The first-order chi connectivity index (χ1) is 10.5. The molecule has 0 aliphatic carbocycles. The van der Waals surface area contributed by atoms with E-state index in [1.54, 1.807) is 30.3 Å². The number of aromatic nitrogens is 2. The molecule has 0 spiro atoms. The van der Waals surface area contributed by atoms with Crippen molar-refractivity contribution in [3.63, 3.8) is 0 Å². The number of H-pyrrole nitrogens is 1. The molecule has 0 radical (unpaired) electrons. The average molecular weight is 377 g/mol. The summed E-state index contributed by atoms with van der Waals surface area (Å²) >= 11 is 9.30. The van der Waals surface area contributed by atoms with Gasteiger partial charge in [-0.3, -0.25) is 14.3 Å². The van der Waals surface area contributed by atoms with E-state index in [2.05, 4.69) is 20.9 Å². The van der Waals surface area contributed by atoms with Crippen molar-refractivity contribution in [2.24, 2.45) is 0 Å². The van der Waals surface area contributed by atoms with E-state index in [4.69, 9.17) is 16.9 Å². The van der Waals surface area contributed by atoms with E-state index in [1.807, 2.05) is 6.07 Å². The summed E-state index contributed by atoms with van der Waals surface area (Å²) in [6, 6.07) is 11.7. The Balaban J connectivity index is 2.48. The summed E-state index contributed by atoms with van der Waals surface area (Å²) in [5.41, 5.74) is 0.209. The molecule has 22 heavy (non-hydrogen) atoms. The molecule has 0 fully saturated rings. The molecule has 0 atom stereocenters. The zero-order valence-electron chi connectivity index (χ0n) is 10.9. The largest absolute Gasteiger partial charge is 0.333 e. The number of nitrogens with zero attached hydrogens (tertiary/aromatic N) is 2. The van der Waals surface area contributed by atoms with Crippen molar-refractivity contribution in [1.82, 2.24) is 9.55 Å². The lowest BCUT2D eigenvalue weighted by Crippen LogP contribution is -2.29. The molecule has 0 amide bonds. The van der Waals surface area contributed by atoms with E-state index in [0.717, 1.165) is 0 Å². The molecule has 3 rings (SSSR count). The van der Waals surface area contributed by atoms with Gasteiger partial charge in [0.2, 0.25) is 0 Å². The van der Waals surface area contributed by atoms with Gasteiger partial charge < -0.3 is 0 Å². The van der Waals surface area contributed by atoms with Crippen LogP contribution in [-0.4, -0.2) is 9.55 Å². The van der Waals surface area contributed by atoms with Crippen LogP contribution in [0.1, 0.15) is 5.56 Å². The molecule has 1 aromatic heterocycles. The van der Waals surface area contributed by atoms with Gasteiger partial charge in [0.1, 0.15) is 0 Å². The fourth-order valence-electron chi connectivity index (χ4n) is 2.20. The summed E-state index contributed by atoms with van der Waals surface area (Å²) < 4.78 is 1.90. The van der Waals surface area contributed by atoms with Crippen LogP contribution in [0.5, 0.6) is 0 Å². The highest BCUT2D eigenvalue weighted by molar-refractivity contribution is 9.10. The van der Waals surface area contributed by atoms with Crippen molar-refractivity contribution in [3.8, 4) is 11.8 Å². The second-order valence-corrected chi connectivity index (χ2v) is 5.80. The van der Waals surface area contributed by atoms with Crippen LogP contribution in [0.2, 0.25) is 5.02 Å². The standard InChI is InChI=1S/C15H7BrClN3O2/c16-11-6-13-10(5-12(11)17)14(21)19-15(22)20(13)9-3-1-2-8(4-9)7-18/h1-6H,(H,19,21,22). The predicted molar refractivity (Wildman–Crippen MR) is 87.6 cm³/mol. The molecule has 0 saturated carbocycles. The maximum Gasteiger partial charge on any atom is 0.333 e. The van der Waals surface area contributed by atoms with E-state index in [0.29, 0.717) is 26.3 Å². The van der Waals surface area contributed by atoms with Crippen molar-refractivity contribution < 1.29 is 0 Å². The predicted octanol–water partition coefficient (Wildman–Crippen LogP) is 2.97. The average Bonchev–Trinajstić information content (AvgIpc) is 2.50. The third-order valence-corrected chi connectivity index (χ3v) is 4.38. The third kappa shape index (κ3) is 2.34. The highest BCUT2D eigenvalue weighted by Gasteiger charge is 2.12. The van der Waals surface area contributed by atoms with Gasteiger partial charge in [0.25, 0.3) is 5.56 Å². The zero-order chi connectivity index (χ0) is 15.9. The molecule has 3 aromatic rings. The molecular formula is C15H7BrClN3O2. The molecule has 0 unspecified atom stereocenters. The van der Waals surface area contributed by atoms with Gasteiger partial charge in [-0.05, 0) is 46.3 Å². The van der Waals surface area contributed by atoms with E-state index >= 15 is 0 Å². The maximum atomic E-state index is 12.2. The number of nitrogens with one attached hydrogen (secondary N) is 1. The van der Waals surface area contributed by atoms with Crippen molar-refractivity contribution in [1.29, 1.82) is 5.26 Å². The molecule has 7 heteroatoms. The van der Waals surface area contributed by atoms with Crippen molar-refractivity contribution in [3.05, 3.63) is 72.3 Å². The van der Waals surface area contributed by atoms with Crippen LogP contribution in [0.4, 0.5) is 0 Å². The van der Waals surface area contributed by atoms with Gasteiger partial charge in [0.05, 0.1) is 33.2 Å². The first-order valence-corrected chi connectivity index (χ1v) is 7.33. The third-order valence-electron chi connectivity index (χ3n) is 3.18. The molecule has 108 valence electrons. The normalized spacial score (nSPS) is 10.6. The number of rotatable bonds is 1. The van der Waals surface area contributed by atoms with Crippen molar-refractivity contribution >= 4 is 38.4 Å². The summed E-state index contributed by atoms with van der Waals surface area (Å²) in [5.74, 6) is 0. The summed E-state index contributed by atoms with van der Waals surface area (Å²) in [6.07, 6.45) is 0. The van der Waals surface area contributed by atoms with Crippen LogP contribution in [0.3, 0.4) is 0 Å². The van der Waals surface area contributed by atoms with Crippen LogP contribution in [0.15, 0.2) is 50.5 Å². The van der Waals surface area contributed by atoms with Gasteiger partial charge in [-0.25, -0.2) is 4.79 Å². The van der Waals surface area contributed by atoms with Crippen LogP contribution < -0.4 is 11.2 Å². The first-order valence-electron chi connectivity index (χ1n) is 6.16. The molecule has 2 aromatic carbocycles. The Hall–Kier alpha value is -2.36. The molecule has 1 heterocycles. The highest BCUT2D eigenvalue weighted by atomic mass is 79.9. The zero-order valence-corrected chi connectivity index (χ0v) is 13.3. The van der Waals surface area contributed by atoms with Crippen LogP contribution in [0.25, 0.3) is 16.6 Å². The Morgan fingerprint density at radius 1 is 1.23 bits per heavy atom. The molecule has 0 aliphatic heterocycles. The fraction of sp³-hybridized carbons (Fsp3) is 0. The van der Waals surface area contributed by atoms with Crippen molar-refractivity contribution in [2.45, 2.75) is 0 Å². The number of benzene rings is 2. The van der Waals surface area contributed by atoms with Crippen molar-refractivity contribution in [2.75, 3.05) is 0 Å². The van der Waals surface area contributed by atoms with Gasteiger partial charge in [-0.2, -0.15) is 5.26 Å². The molecule has 0 aliphatic rings. The maximum absolute atomic E-state index is 12.2. The number of aromatic amines is 1. The van der Waals surface area contributed by atoms with E-state index in [1.165, 1.54) is 10.6 Å². The van der Waals surface area contributed by atoms with Gasteiger partial charge in [0.15, 0.2) is 0 Å². The molecular weight excluding hydrogens is 370 g/mol. The van der Waals surface area contributed by atoms with Gasteiger partial charge >= 0.3 is 5.69 Å². The number of nitriles is 1. The Kier molecular flexibility index (Phi) is 3.61. The Labute approximate surface area is 137 Å². The molecule has 0 saturated heterocycles. The number of hydrogen-bond acceptors (Lipinski definition) is 3. The second kappa shape index (κ2) is 5.44. The topological polar surface area (TPSA) is 78.7 Å². The lowest BCUT2D eigenvalue weighted by molar-refractivity contribution is 0.942. The smallest absolute Gasteiger partial charge is 0.273 e. The van der Waals surface area contributed by atoms with Gasteiger partial charge in [-0.1, -0.05) is 17.7 Å². The minimum Gasteiger partial charge on any atom is -0.273 e. The van der Waals surface area contributed by atoms with Gasteiger partial charge in [0, 0.05) is 4.47 Å². The van der Waals surface area contributed by atoms with E-state index in [9.17, 15) is 9.59 Å². The minimum atomic E-state index is -0.582. The number of fused-ring (bicyclic) bond motifs is 1. The summed E-state index contributed by atoms with van der Waals surface area (Å²) in [7, 11) is 0. The van der Waals surface area contributed by atoms with Gasteiger partial charge in [-0.15, -0.1) is 0 Å². The van der Waals surface area contributed by atoms with E-state index < -0.39 is 11.2 Å². The molecule has 0 bridgehead atoms. The Morgan fingerprint density at radius 2 is 2.00 bits per heavy atom. The Bertz CT molecular complexity index is 1060. The van der Waals surface area contributed by atoms with Crippen LogP contribution in [0, 0.1) is 11.3 Å². The molecule has 1 N–H and O–H groups in total. The lowest BCUT2D eigenvalue weighted by Gasteiger charge is -2.10. The van der Waals surface area contributed by atoms with Crippen LogP contribution >= 0.6 is 27.5 Å². The quantitative estimate of drug-likeness (QED) is 0.709. The fourth-order valence-corrected chi connectivity index (χ4v) is 2.70. The summed E-state index contributed by atoms with van der Waals surface area (Å²) in [6.45, 7) is 0. The monoisotopic (exact) mass is 375 g/mol.